The highest BCUT2D eigenvalue weighted by Gasteiger charge is 2.22. The van der Waals surface area contributed by atoms with Crippen molar-refractivity contribution in [2.45, 2.75) is 315 Å². The normalized spacial score (nSPS) is 13.3. The minimum absolute atomic E-state index is 0.0289. The molecule has 2 atom stereocenters. The van der Waals surface area contributed by atoms with E-state index in [0.717, 1.165) is 51.4 Å². The van der Waals surface area contributed by atoms with Crippen LogP contribution in [0.2, 0.25) is 0 Å². The molecule has 0 radical (unpaired) electrons. The molecule has 0 aliphatic rings. The Morgan fingerprint density at radius 3 is 1.06 bits per heavy atom. The van der Waals surface area contributed by atoms with Gasteiger partial charge in [-0.15, -0.1) is 0 Å². The van der Waals surface area contributed by atoms with E-state index in [0.29, 0.717) is 17.4 Å². The van der Waals surface area contributed by atoms with Gasteiger partial charge in [0.15, 0.2) is 6.10 Å². The lowest BCUT2D eigenvalue weighted by atomic mass is 10.0. The van der Waals surface area contributed by atoms with E-state index in [1.54, 1.807) is 0 Å². The second kappa shape index (κ2) is 52.6. The van der Waals surface area contributed by atoms with Gasteiger partial charge in [0.25, 0.3) is 7.82 Å². The zero-order valence-corrected chi connectivity index (χ0v) is 48.1. The van der Waals surface area contributed by atoms with Crippen LogP contribution in [0, 0.1) is 0 Å². The highest BCUT2D eigenvalue weighted by atomic mass is 31.2. The average molecular weight is 1010 g/mol. The van der Waals surface area contributed by atoms with Crippen LogP contribution < -0.4 is 4.89 Å². The molecule has 416 valence electrons. The first kappa shape index (κ1) is 68.8. The number of rotatable bonds is 57. The predicted molar refractivity (Wildman–Crippen MR) is 296 cm³/mol. The van der Waals surface area contributed by atoms with Crippen LogP contribution in [0.5, 0.6) is 0 Å². The van der Waals surface area contributed by atoms with E-state index < -0.39 is 26.5 Å². The maximum absolute atomic E-state index is 12.7. The minimum atomic E-state index is -4.63. The van der Waals surface area contributed by atoms with Gasteiger partial charge in [0.2, 0.25) is 0 Å². The van der Waals surface area contributed by atoms with Gasteiger partial charge in [0.1, 0.15) is 19.8 Å². The molecule has 70 heavy (non-hydrogen) atoms. The van der Waals surface area contributed by atoms with Gasteiger partial charge >= 0.3 is 11.9 Å². The Kier molecular flexibility index (Phi) is 51.7. The molecular weight excluding hydrogens is 894 g/mol. The van der Waals surface area contributed by atoms with Crippen LogP contribution >= 0.6 is 7.82 Å². The molecule has 0 saturated carbocycles. The van der Waals surface area contributed by atoms with E-state index in [1.165, 1.54) is 225 Å². The Hall–Kier alpha value is -1.25. The molecular formula is C60H118NO8P. The van der Waals surface area contributed by atoms with E-state index >= 15 is 0 Å². The summed E-state index contributed by atoms with van der Waals surface area (Å²) in [6, 6.07) is 0. The van der Waals surface area contributed by atoms with Gasteiger partial charge in [-0.1, -0.05) is 270 Å². The topological polar surface area (TPSA) is 111 Å². The summed E-state index contributed by atoms with van der Waals surface area (Å²) in [4.78, 5) is 37.8. The fourth-order valence-electron chi connectivity index (χ4n) is 9.07. The van der Waals surface area contributed by atoms with Crippen molar-refractivity contribution in [3.63, 3.8) is 0 Å². The quantitative estimate of drug-likeness (QED) is 0.0195. The average Bonchev–Trinajstić information content (AvgIpc) is 3.32. The number of phosphoric ester groups is 1. The molecule has 2 unspecified atom stereocenters. The smallest absolute Gasteiger partial charge is 0.306 e. The Labute approximate surface area is 435 Å². The Morgan fingerprint density at radius 1 is 0.429 bits per heavy atom. The van der Waals surface area contributed by atoms with Crippen molar-refractivity contribution in [2.24, 2.45) is 0 Å². The van der Waals surface area contributed by atoms with E-state index in [4.69, 9.17) is 18.5 Å². The number of unbranched alkanes of at least 4 members (excludes halogenated alkanes) is 41. The third-order valence-corrected chi connectivity index (χ3v) is 14.7. The Balaban J connectivity index is 3.94. The molecule has 0 amide bonds. The lowest BCUT2D eigenvalue weighted by molar-refractivity contribution is -0.870. The van der Waals surface area contributed by atoms with E-state index in [9.17, 15) is 19.0 Å². The Morgan fingerprint density at radius 2 is 0.729 bits per heavy atom. The van der Waals surface area contributed by atoms with Gasteiger partial charge in [-0.2, -0.15) is 0 Å². The predicted octanol–water partition coefficient (Wildman–Crippen LogP) is 18.2. The van der Waals surface area contributed by atoms with Crippen LogP contribution in [0.1, 0.15) is 309 Å². The van der Waals surface area contributed by atoms with Gasteiger partial charge in [0.05, 0.1) is 27.7 Å². The molecule has 0 N–H and O–H groups in total. The van der Waals surface area contributed by atoms with Gasteiger partial charge in [-0.05, 0) is 38.5 Å². The molecule has 0 saturated heterocycles. The van der Waals surface area contributed by atoms with Gasteiger partial charge in [-0.25, -0.2) is 0 Å². The van der Waals surface area contributed by atoms with Crippen LogP contribution in [0.25, 0.3) is 0 Å². The highest BCUT2D eigenvalue weighted by Crippen LogP contribution is 2.38. The third-order valence-electron chi connectivity index (χ3n) is 13.8. The number of hydrogen-bond acceptors (Lipinski definition) is 8. The summed E-state index contributed by atoms with van der Waals surface area (Å²) >= 11 is 0. The number of carbonyl (C=O) groups is 2. The molecule has 0 aromatic carbocycles. The first-order valence-corrected chi connectivity index (χ1v) is 31.9. The molecule has 0 spiro atoms. The first-order valence-electron chi connectivity index (χ1n) is 30.4. The van der Waals surface area contributed by atoms with Crippen LogP contribution in [0.3, 0.4) is 0 Å². The van der Waals surface area contributed by atoms with Crippen molar-refractivity contribution in [1.82, 2.24) is 0 Å². The summed E-state index contributed by atoms with van der Waals surface area (Å²) in [5.41, 5.74) is 0. The first-order chi connectivity index (χ1) is 34.0. The van der Waals surface area contributed by atoms with E-state index in [2.05, 4.69) is 26.0 Å². The fourth-order valence-corrected chi connectivity index (χ4v) is 9.80. The maximum atomic E-state index is 12.7. The summed E-state index contributed by atoms with van der Waals surface area (Å²) in [5, 5.41) is 0. The molecule has 0 fully saturated rings. The SMILES string of the molecule is CCCCCCC/C=C\CCCCCCCC(=O)OC(COC(=O)CCCCCCCCCCCCCCCCCCCCCCCCCCCCCCCCCC)COP(=O)([O-])OCC[N+](C)(C)C. The number of quaternary nitrogens is 1. The van der Waals surface area contributed by atoms with Crippen molar-refractivity contribution in [3.8, 4) is 0 Å². The standard InChI is InChI=1S/C60H118NO8P/c1-6-8-10-12-14-16-18-20-22-23-24-25-26-27-28-29-30-31-32-33-34-35-36-37-38-39-41-42-44-46-48-50-52-59(62)66-56-58(57-68-70(64,65)67-55-54-61(3,4)5)69-60(63)53-51-49-47-45-43-40-21-19-17-15-13-11-9-7-2/h19,21,58H,6-18,20,22-57H2,1-5H3/b21-19-. The van der Waals surface area contributed by atoms with Crippen molar-refractivity contribution in [3.05, 3.63) is 12.2 Å². The van der Waals surface area contributed by atoms with Gasteiger partial charge < -0.3 is 27.9 Å². The van der Waals surface area contributed by atoms with E-state index in [-0.39, 0.29) is 32.0 Å². The molecule has 0 aromatic rings. The van der Waals surface area contributed by atoms with E-state index in [1.807, 2.05) is 21.1 Å². The molecule has 0 aromatic heterocycles. The molecule has 0 heterocycles. The number of carbonyl (C=O) groups excluding carboxylic acids is 2. The second-order valence-electron chi connectivity index (χ2n) is 22.1. The molecule has 9 nitrogen and oxygen atoms in total. The van der Waals surface area contributed by atoms with Crippen molar-refractivity contribution < 1.29 is 42.1 Å². The van der Waals surface area contributed by atoms with Crippen LogP contribution in [-0.2, 0) is 32.7 Å². The molecule has 0 rings (SSSR count). The van der Waals surface area contributed by atoms with Crippen LogP contribution in [-0.4, -0.2) is 70.0 Å². The number of esters is 2. The van der Waals surface area contributed by atoms with Crippen molar-refractivity contribution in [2.75, 3.05) is 47.5 Å². The van der Waals surface area contributed by atoms with Crippen molar-refractivity contribution >= 4 is 19.8 Å². The summed E-state index contributed by atoms with van der Waals surface area (Å²) in [7, 11) is 1.18. The molecule has 0 bridgehead atoms. The molecule has 10 heteroatoms. The zero-order chi connectivity index (χ0) is 51.3. The Bertz CT molecular complexity index is 1190. The van der Waals surface area contributed by atoms with Crippen LogP contribution in [0.15, 0.2) is 12.2 Å². The number of hydrogen-bond donors (Lipinski definition) is 0. The lowest BCUT2D eigenvalue weighted by Gasteiger charge is -2.28. The number of nitrogens with zero attached hydrogens (tertiary/aromatic N) is 1. The molecule has 0 aliphatic heterocycles. The monoisotopic (exact) mass is 1010 g/mol. The summed E-state index contributed by atoms with van der Waals surface area (Å²) < 4.78 is 34.1. The minimum Gasteiger partial charge on any atom is -0.756 e. The van der Waals surface area contributed by atoms with Crippen molar-refractivity contribution in [1.29, 1.82) is 0 Å². The third kappa shape index (κ3) is 56.1. The summed E-state index contributed by atoms with van der Waals surface area (Å²) in [5.74, 6) is -0.826. The number of phosphoric acid groups is 1. The molecule has 0 aliphatic carbocycles. The fraction of sp³-hybridized carbons (Fsp3) is 0.933. The lowest BCUT2D eigenvalue weighted by Crippen LogP contribution is -2.37. The van der Waals surface area contributed by atoms with Gasteiger partial charge in [-0.3, -0.25) is 14.2 Å². The number of allylic oxidation sites excluding steroid dienone is 2. The summed E-state index contributed by atoms with van der Waals surface area (Å²) in [6.07, 6.45) is 61.5. The largest absolute Gasteiger partial charge is 0.756 e. The number of likely N-dealkylation sites (N-methyl/N-ethyl adjacent to an activating group) is 1. The second-order valence-corrected chi connectivity index (χ2v) is 23.5. The zero-order valence-electron chi connectivity index (χ0n) is 47.2. The summed E-state index contributed by atoms with van der Waals surface area (Å²) in [6.45, 7) is 4.27. The van der Waals surface area contributed by atoms with Crippen LogP contribution in [0.4, 0.5) is 0 Å². The highest BCUT2D eigenvalue weighted by molar-refractivity contribution is 7.45. The van der Waals surface area contributed by atoms with Gasteiger partial charge in [0, 0.05) is 12.8 Å². The number of ether oxygens (including phenoxy) is 2. The maximum Gasteiger partial charge on any atom is 0.306 e.